The molecular weight excluding hydrogens is 144 g/mol. The topological polar surface area (TPSA) is 121 Å². The van der Waals surface area contributed by atoms with E-state index in [4.69, 9.17) is 22.9 Å². The van der Waals surface area contributed by atoms with Gasteiger partial charge in [-0.3, -0.25) is 4.79 Å². The third-order valence-corrected chi connectivity index (χ3v) is 1.82. The summed E-state index contributed by atoms with van der Waals surface area (Å²) in [6.45, 7) is 0. The van der Waals surface area contributed by atoms with Crippen molar-refractivity contribution in [1.29, 1.82) is 0 Å². The van der Waals surface area contributed by atoms with Crippen LogP contribution in [0.25, 0.3) is 0 Å². The van der Waals surface area contributed by atoms with E-state index in [1.54, 1.807) is 0 Å². The third kappa shape index (κ3) is 1.31. The second-order valence-corrected chi connectivity index (χ2v) is 2.95. The molecule has 11 heavy (non-hydrogen) atoms. The molecule has 5 heteroatoms. The Morgan fingerprint density at radius 2 is 1.82 bits per heavy atom. The zero-order valence-electron chi connectivity index (χ0n) is 6.08. The molecule has 0 aliphatic heterocycles. The summed E-state index contributed by atoms with van der Waals surface area (Å²) >= 11 is 0. The predicted molar refractivity (Wildman–Crippen MR) is 41.0 cm³/mol. The molecular formula is C6H12N4O. The fourth-order valence-corrected chi connectivity index (χ4v) is 0.886. The Labute approximate surface area is 64.4 Å². The summed E-state index contributed by atoms with van der Waals surface area (Å²) in [5.41, 5.74) is 19.4. The van der Waals surface area contributed by atoms with Gasteiger partial charge in [-0.15, -0.1) is 0 Å². The Morgan fingerprint density at radius 3 is 2.18 bits per heavy atom. The van der Waals surface area contributed by atoms with Crippen molar-refractivity contribution < 1.29 is 4.79 Å². The Kier molecular flexibility index (Phi) is 1.61. The molecule has 0 radical (unpaired) electrons. The Morgan fingerprint density at radius 1 is 1.27 bits per heavy atom. The number of carbonyl (C=O) groups excluding carboxylic acids is 1. The number of carbonyl (C=O) groups is 1. The van der Waals surface area contributed by atoms with Gasteiger partial charge in [0.2, 0.25) is 0 Å². The highest BCUT2D eigenvalue weighted by Crippen LogP contribution is 2.17. The first kappa shape index (κ1) is 8.35. The van der Waals surface area contributed by atoms with Crippen molar-refractivity contribution >= 4 is 5.78 Å². The van der Waals surface area contributed by atoms with E-state index in [2.05, 4.69) is 0 Å². The smallest absolute Gasteiger partial charge is 0.158 e. The van der Waals surface area contributed by atoms with Crippen LogP contribution in [-0.4, -0.2) is 17.1 Å². The lowest BCUT2D eigenvalue weighted by atomic mass is 9.85. The van der Waals surface area contributed by atoms with Gasteiger partial charge in [-0.25, -0.2) is 0 Å². The van der Waals surface area contributed by atoms with Gasteiger partial charge in [-0.05, 0) is 12.2 Å². The minimum absolute atomic E-state index is 0.0174. The first-order valence-corrected chi connectivity index (χ1v) is 3.23. The van der Waals surface area contributed by atoms with Crippen LogP contribution in [0.15, 0.2) is 12.2 Å². The molecule has 8 N–H and O–H groups in total. The number of allylic oxidation sites excluding steroid dienone is 1. The summed E-state index contributed by atoms with van der Waals surface area (Å²) in [6.07, 6.45) is 2.62. The van der Waals surface area contributed by atoms with E-state index < -0.39 is 11.3 Å². The molecule has 0 atom stereocenters. The molecule has 0 saturated heterocycles. The largest absolute Gasteiger partial charge is 0.310 e. The molecule has 62 valence electrons. The van der Waals surface area contributed by atoms with E-state index in [-0.39, 0.29) is 12.2 Å². The van der Waals surface area contributed by atoms with Crippen LogP contribution in [0.5, 0.6) is 0 Å². The molecule has 0 saturated carbocycles. The first-order chi connectivity index (χ1) is 4.85. The molecule has 1 aliphatic rings. The van der Waals surface area contributed by atoms with Gasteiger partial charge in [0.25, 0.3) is 0 Å². The van der Waals surface area contributed by atoms with Crippen LogP contribution in [-0.2, 0) is 4.79 Å². The molecule has 0 amide bonds. The van der Waals surface area contributed by atoms with Crippen molar-refractivity contribution in [2.75, 3.05) is 0 Å². The van der Waals surface area contributed by atoms with Crippen LogP contribution in [0.1, 0.15) is 6.42 Å². The summed E-state index contributed by atoms with van der Waals surface area (Å²) in [6, 6.07) is 0. The van der Waals surface area contributed by atoms with Gasteiger partial charge in [0.15, 0.2) is 5.78 Å². The highest BCUT2D eigenvalue weighted by molar-refractivity contribution is 5.92. The van der Waals surface area contributed by atoms with Crippen LogP contribution in [0.3, 0.4) is 0 Å². The van der Waals surface area contributed by atoms with Gasteiger partial charge >= 0.3 is 0 Å². The van der Waals surface area contributed by atoms with Crippen molar-refractivity contribution in [2.24, 2.45) is 22.9 Å². The Balaban J connectivity index is 3.00. The predicted octanol–water partition coefficient (Wildman–Crippen LogP) is -2.26. The van der Waals surface area contributed by atoms with Gasteiger partial charge < -0.3 is 22.9 Å². The molecule has 0 aromatic carbocycles. The second-order valence-electron chi connectivity index (χ2n) is 2.95. The summed E-state index contributed by atoms with van der Waals surface area (Å²) in [7, 11) is 0. The van der Waals surface area contributed by atoms with Crippen molar-refractivity contribution in [3.63, 3.8) is 0 Å². The quantitative estimate of drug-likeness (QED) is 0.295. The molecule has 0 spiro atoms. The van der Waals surface area contributed by atoms with Gasteiger partial charge in [0.05, 0.1) is 0 Å². The van der Waals surface area contributed by atoms with E-state index in [0.29, 0.717) is 0 Å². The summed E-state index contributed by atoms with van der Waals surface area (Å²) in [5, 5.41) is 0. The highest BCUT2D eigenvalue weighted by atomic mass is 16.1. The van der Waals surface area contributed by atoms with E-state index in [1.807, 2.05) is 0 Å². The fraction of sp³-hybridized carbons (Fsp3) is 0.500. The summed E-state index contributed by atoms with van der Waals surface area (Å²) < 4.78 is 0. The van der Waals surface area contributed by atoms with Crippen LogP contribution in [0.2, 0.25) is 0 Å². The minimum atomic E-state index is -1.33. The molecule has 0 bridgehead atoms. The SMILES string of the molecule is NC1(N)C=CC(=O)CC1(N)N. The maximum atomic E-state index is 10.8. The number of rotatable bonds is 0. The average Bonchev–Trinajstić information content (AvgIpc) is 1.80. The fourth-order valence-electron chi connectivity index (χ4n) is 0.886. The highest BCUT2D eigenvalue weighted by Gasteiger charge is 2.41. The Bertz CT molecular complexity index is 219. The molecule has 0 unspecified atom stereocenters. The maximum absolute atomic E-state index is 10.8. The van der Waals surface area contributed by atoms with Crippen LogP contribution >= 0.6 is 0 Å². The number of hydrogen-bond acceptors (Lipinski definition) is 5. The number of hydrogen-bond donors (Lipinski definition) is 4. The first-order valence-electron chi connectivity index (χ1n) is 3.23. The van der Waals surface area contributed by atoms with E-state index in [9.17, 15) is 4.79 Å². The van der Waals surface area contributed by atoms with Gasteiger partial charge in [-0.1, -0.05) is 0 Å². The molecule has 5 nitrogen and oxygen atoms in total. The monoisotopic (exact) mass is 156 g/mol. The maximum Gasteiger partial charge on any atom is 0.158 e. The second kappa shape index (κ2) is 2.12. The zero-order chi connectivity index (χ0) is 8.70. The van der Waals surface area contributed by atoms with Crippen LogP contribution in [0.4, 0.5) is 0 Å². The summed E-state index contributed by atoms with van der Waals surface area (Å²) in [5.74, 6) is -0.151. The molecule has 0 aromatic rings. The molecule has 1 aliphatic carbocycles. The van der Waals surface area contributed by atoms with Crippen LogP contribution < -0.4 is 22.9 Å². The van der Waals surface area contributed by atoms with E-state index in [1.165, 1.54) is 12.2 Å². The van der Waals surface area contributed by atoms with Gasteiger partial charge in [0.1, 0.15) is 11.3 Å². The normalized spacial score (nSPS) is 27.1. The summed E-state index contributed by atoms with van der Waals surface area (Å²) in [4.78, 5) is 10.8. The zero-order valence-corrected chi connectivity index (χ0v) is 6.08. The number of nitrogens with two attached hydrogens (primary N) is 4. The molecule has 0 aromatic heterocycles. The average molecular weight is 156 g/mol. The molecule has 0 fully saturated rings. The van der Waals surface area contributed by atoms with Crippen molar-refractivity contribution in [3.8, 4) is 0 Å². The van der Waals surface area contributed by atoms with Crippen LogP contribution in [0, 0.1) is 0 Å². The lowest BCUT2D eigenvalue weighted by molar-refractivity contribution is -0.116. The Hall–Kier alpha value is -0.750. The van der Waals surface area contributed by atoms with Crippen molar-refractivity contribution in [3.05, 3.63) is 12.2 Å². The third-order valence-electron chi connectivity index (χ3n) is 1.82. The standard InChI is InChI=1S/C6H12N4O/c7-5(8)2-1-4(11)3-6(5,9)10/h1-2H,3,7-10H2. The number of ketones is 1. The van der Waals surface area contributed by atoms with Gasteiger partial charge in [0, 0.05) is 6.42 Å². The minimum Gasteiger partial charge on any atom is -0.310 e. The van der Waals surface area contributed by atoms with E-state index in [0.717, 1.165) is 0 Å². The van der Waals surface area contributed by atoms with E-state index >= 15 is 0 Å². The lowest BCUT2D eigenvalue weighted by Crippen LogP contribution is -2.76. The molecule has 0 heterocycles. The lowest BCUT2D eigenvalue weighted by Gasteiger charge is -2.39. The van der Waals surface area contributed by atoms with Crippen molar-refractivity contribution in [1.82, 2.24) is 0 Å². The van der Waals surface area contributed by atoms with Crippen molar-refractivity contribution in [2.45, 2.75) is 17.7 Å². The van der Waals surface area contributed by atoms with Gasteiger partial charge in [-0.2, -0.15) is 0 Å². The molecule has 1 rings (SSSR count).